The van der Waals surface area contributed by atoms with Gasteiger partial charge >= 0.3 is 5.97 Å². The van der Waals surface area contributed by atoms with Crippen molar-refractivity contribution >= 4 is 5.97 Å². The minimum atomic E-state index is -1.54. The molecule has 0 bridgehead atoms. The normalized spacial score (nSPS) is 12.6. The molecule has 0 aromatic carbocycles. The Kier molecular flexibility index (Phi) is 2.73. The maximum Gasteiger partial charge on any atom is 0.332 e. The molecule has 52 valence electrons. The molecule has 0 saturated heterocycles. The van der Waals surface area contributed by atoms with E-state index in [0.717, 1.165) is 0 Å². The largest absolute Gasteiger partial charge is 0.513 e. The third-order valence-electron chi connectivity index (χ3n) is 0.714. The van der Waals surface area contributed by atoms with Crippen LogP contribution in [0.15, 0.2) is 12.3 Å². The summed E-state index contributed by atoms with van der Waals surface area (Å²) in [4.78, 5) is 9.83. The minimum Gasteiger partial charge on any atom is -0.513 e. The number of carboxylic acid groups (broad SMARTS) is 1. The quantitative estimate of drug-likeness (QED) is 0.468. The summed E-state index contributed by atoms with van der Waals surface area (Å²) < 4.78 is 0. The van der Waals surface area contributed by atoms with Crippen LogP contribution in [0.1, 0.15) is 6.42 Å². The second kappa shape index (κ2) is 3.09. The predicted molar refractivity (Wildman–Crippen MR) is 30.0 cm³/mol. The van der Waals surface area contributed by atoms with Crippen LogP contribution in [0.3, 0.4) is 0 Å². The predicted octanol–water partition coefficient (Wildman–Crippen LogP) is -0.106. The smallest absolute Gasteiger partial charge is 0.332 e. The van der Waals surface area contributed by atoms with Crippen molar-refractivity contribution in [1.82, 2.24) is 0 Å². The van der Waals surface area contributed by atoms with Crippen molar-refractivity contribution in [1.29, 1.82) is 0 Å². The van der Waals surface area contributed by atoms with Crippen LogP contribution in [-0.2, 0) is 4.79 Å². The molecule has 4 heteroatoms. The van der Waals surface area contributed by atoms with Crippen molar-refractivity contribution in [2.75, 3.05) is 0 Å². The van der Waals surface area contributed by atoms with E-state index in [-0.39, 0.29) is 12.2 Å². The highest BCUT2D eigenvalue weighted by Gasteiger charge is 2.12. The van der Waals surface area contributed by atoms with Crippen LogP contribution in [0.2, 0.25) is 0 Å². The lowest BCUT2D eigenvalue weighted by Gasteiger charge is -2.01. The zero-order valence-corrected chi connectivity index (χ0v) is 4.74. The molecule has 0 aliphatic rings. The summed E-state index contributed by atoms with van der Waals surface area (Å²) in [6.07, 6.45) is -1.85. The van der Waals surface area contributed by atoms with Crippen LogP contribution in [-0.4, -0.2) is 27.4 Å². The van der Waals surface area contributed by atoms with Gasteiger partial charge in [-0.1, -0.05) is 6.58 Å². The van der Waals surface area contributed by atoms with Crippen LogP contribution in [0.5, 0.6) is 0 Å². The summed E-state index contributed by atoms with van der Waals surface area (Å²) in [5.41, 5.74) is 0. The second-order valence-electron chi connectivity index (χ2n) is 1.62. The van der Waals surface area contributed by atoms with Gasteiger partial charge in [-0.25, -0.2) is 4.79 Å². The average molecular weight is 132 g/mol. The molecular weight excluding hydrogens is 124 g/mol. The van der Waals surface area contributed by atoms with E-state index in [1.54, 1.807) is 0 Å². The summed E-state index contributed by atoms with van der Waals surface area (Å²) in [7, 11) is 0. The lowest BCUT2D eigenvalue weighted by molar-refractivity contribution is -0.146. The summed E-state index contributed by atoms with van der Waals surface area (Å²) in [6.45, 7) is 3.01. The third-order valence-corrected chi connectivity index (χ3v) is 0.714. The number of aliphatic carboxylic acids is 1. The molecule has 0 aliphatic heterocycles. The van der Waals surface area contributed by atoms with Crippen molar-refractivity contribution < 1.29 is 20.1 Å². The van der Waals surface area contributed by atoms with Crippen LogP contribution in [0.25, 0.3) is 0 Å². The molecule has 0 heterocycles. The molecule has 9 heavy (non-hydrogen) atoms. The Hall–Kier alpha value is -1.03. The summed E-state index contributed by atoms with van der Waals surface area (Å²) in [5, 5.41) is 24.9. The van der Waals surface area contributed by atoms with E-state index in [1.807, 2.05) is 0 Å². The number of hydrogen-bond donors (Lipinski definition) is 3. The van der Waals surface area contributed by atoms with Gasteiger partial charge in [0.2, 0.25) is 0 Å². The van der Waals surface area contributed by atoms with Crippen molar-refractivity contribution in [3.8, 4) is 0 Å². The fraction of sp³-hybridized carbons (Fsp3) is 0.400. The van der Waals surface area contributed by atoms with Crippen LogP contribution in [0, 0.1) is 0 Å². The van der Waals surface area contributed by atoms with Crippen molar-refractivity contribution in [3.05, 3.63) is 12.3 Å². The molecule has 0 spiro atoms. The molecule has 0 saturated carbocycles. The van der Waals surface area contributed by atoms with E-state index in [0.29, 0.717) is 0 Å². The Bertz CT molecular complexity index is 129. The van der Waals surface area contributed by atoms with E-state index >= 15 is 0 Å². The van der Waals surface area contributed by atoms with E-state index in [1.165, 1.54) is 0 Å². The second-order valence-corrected chi connectivity index (χ2v) is 1.62. The first-order valence-electron chi connectivity index (χ1n) is 2.31. The number of carboxylic acids is 1. The van der Waals surface area contributed by atoms with Crippen LogP contribution >= 0.6 is 0 Å². The van der Waals surface area contributed by atoms with Crippen LogP contribution < -0.4 is 0 Å². The van der Waals surface area contributed by atoms with Gasteiger partial charge in [0.15, 0.2) is 6.10 Å². The number of aliphatic hydroxyl groups is 2. The lowest BCUT2D eigenvalue weighted by atomic mass is 10.2. The molecule has 0 fully saturated rings. The average Bonchev–Trinajstić information content (AvgIpc) is 1.63. The molecule has 0 radical (unpaired) electrons. The highest BCUT2D eigenvalue weighted by atomic mass is 16.4. The molecule has 0 amide bonds. The zero-order chi connectivity index (χ0) is 7.44. The molecular formula is C5H8O4. The Morgan fingerprint density at radius 2 is 2.00 bits per heavy atom. The van der Waals surface area contributed by atoms with Gasteiger partial charge in [-0.3, -0.25) is 0 Å². The van der Waals surface area contributed by atoms with Gasteiger partial charge in [-0.05, 0) is 0 Å². The molecule has 0 aromatic rings. The Morgan fingerprint density at radius 1 is 1.56 bits per heavy atom. The molecule has 0 rings (SSSR count). The first kappa shape index (κ1) is 7.97. The van der Waals surface area contributed by atoms with E-state index in [2.05, 4.69) is 6.58 Å². The molecule has 4 nitrogen and oxygen atoms in total. The number of hydrogen-bond acceptors (Lipinski definition) is 3. The highest BCUT2D eigenvalue weighted by molar-refractivity contribution is 5.72. The number of carbonyl (C=O) groups is 1. The fourth-order valence-electron chi connectivity index (χ4n) is 0.310. The standard InChI is InChI=1S/C5H8O4/c1-3(6)2-4(7)5(8)9/h4,6-7H,1-2H2,(H,8,9)/t4-/m1/s1. The molecule has 3 N–H and O–H groups in total. The highest BCUT2D eigenvalue weighted by Crippen LogP contribution is 1.97. The van der Waals surface area contributed by atoms with E-state index in [4.69, 9.17) is 15.3 Å². The topological polar surface area (TPSA) is 77.8 Å². The molecule has 0 aromatic heterocycles. The van der Waals surface area contributed by atoms with Gasteiger partial charge in [-0.15, -0.1) is 0 Å². The summed E-state index contributed by atoms with van der Waals surface area (Å²) in [6, 6.07) is 0. The van der Waals surface area contributed by atoms with Crippen molar-refractivity contribution in [3.63, 3.8) is 0 Å². The van der Waals surface area contributed by atoms with Gasteiger partial charge in [0.25, 0.3) is 0 Å². The molecule has 0 aliphatic carbocycles. The maximum absolute atomic E-state index is 9.83. The number of aliphatic hydroxyl groups excluding tert-OH is 2. The molecule has 1 atom stereocenters. The third kappa shape index (κ3) is 3.54. The monoisotopic (exact) mass is 132 g/mol. The van der Waals surface area contributed by atoms with Gasteiger partial charge in [0, 0.05) is 6.42 Å². The summed E-state index contributed by atoms with van der Waals surface area (Å²) >= 11 is 0. The Labute approximate surface area is 52.1 Å². The maximum atomic E-state index is 9.83. The van der Waals surface area contributed by atoms with E-state index < -0.39 is 12.1 Å². The first-order chi connectivity index (χ1) is 4.04. The van der Waals surface area contributed by atoms with Crippen LogP contribution in [0.4, 0.5) is 0 Å². The number of rotatable bonds is 3. The minimum absolute atomic E-state index is 0.310. The Morgan fingerprint density at radius 3 is 2.11 bits per heavy atom. The SMILES string of the molecule is C=C(O)C[C@@H](O)C(=O)O. The van der Waals surface area contributed by atoms with Gasteiger partial charge in [0.1, 0.15) is 0 Å². The van der Waals surface area contributed by atoms with Gasteiger partial charge in [-0.2, -0.15) is 0 Å². The lowest BCUT2D eigenvalue weighted by Crippen LogP contribution is -2.19. The van der Waals surface area contributed by atoms with E-state index in [9.17, 15) is 4.79 Å². The molecule has 0 unspecified atom stereocenters. The van der Waals surface area contributed by atoms with Gasteiger partial charge < -0.3 is 15.3 Å². The van der Waals surface area contributed by atoms with Crippen molar-refractivity contribution in [2.24, 2.45) is 0 Å². The fourth-order valence-corrected chi connectivity index (χ4v) is 0.310. The van der Waals surface area contributed by atoms with Crippen molar-refractivity contribution in [2.45, 2.75) is 12.5 Å². The Balaban J connectivity index is 3.63. The summed E-state index contributed by atoms with van der Waals surface area (Å²) in [5.74, 6) is -1.69. The van der Waals surface area contributed by atoms with Gasteiger partial charge in [0.05, 0.1) is 5.76 Å². The zero-order valence-electron chi connectivity index (χ0n) is 4.74. The first-order valence-corrected chi connectivity index (χ1v) is 2.31.